The van der Waals surface area contributed by atoms with Crippen LogP contribution in [0.5, 0.6) is 0 Å². The fourth-order valence-corrected chi connectivity index (χ4v) is 2.71. The summed E-state index contributed by atoms with van der Waals surface area (Å²) in [6.45, 7) is -0.0287. The first-order valence-corrected chi connectivity index (χ1v) is 5.18. The number of thiophene rings is 1. The van der Waals surface area contributed by atoms with E-state index in [2.05, 4.69) is 0 Å². The predicted octanol–water partition coefficient (Wildman–Crippen LogP) is 2.92. The van der Waals surface area contributed by atoms with Gasteiger partial charge in [-0.3, -0.25) is 0 Å². The van der Waals surface area contributed by atoms with Crippen LogP contribution in [0.15, 0.2) is 18.2 Å². The summed E-state index contributed by atoms with van der Waals surface area (Å²) in [5, 5.41) is 19.2. The van der Waals surface area contributed by atoms with Gasteiger partial charge < -0.3 is 5.11 Å². The van der Waals surface area contributed by atoms with E-state index in [4.69, 9.17) is 22.0 Å². The Balaban J connectivity index is 2.85. The summed E-state index contributed by atoms with van der Waals surface area (Å²) in [5.74, 6) is 0. The van der Waals surface area contributed by atoms with Crippen molar-refractivity contribution < 1.29 is 5.11 Å². The van der Waals surface area contributed by atoms with Gasteiger partial charge >= 0.3 is 0 Å². The molecule has 0 radical (unpaired) electrons. The van der Waals surface area contributed by atoms with Crippen molar-refractivity contribution in [2.75, 3.05) is 0 Å². The maximum atomic E-state index is 9.09. The van der Waals surface area contributed by atoms with Gasteiger partial charge in [0, 0.05) is 10.1 Å². The van der Waals surface area contributed by atoms with Crippen molar-refractivity contribution in [3.05, 3.63) is 33.7 Å². The summed E-state index contributed by atoms with van der Waals surface area (Å²) in [6, 6.07) is 7.55. The van der Waals surface area contributed by atoms with E-state index in [9.17, 15) is 0 Å². The zero-order valence-corrected chi connectivity index (χ0v) is 8.69. The Bertz CT molecular complexity index is 527. The number of halogens is 1. The monoisotopic (exact) mass is 223 g/mol. The van der Waals surface area contributed by atoms with Crippen molar-refractivity contribution in [3.8, 4) is 6.07 Å². The van der Waals surface area contributed by atoms with Crippen molar-refractivity contribution in [2.45, 2.75) is 6.61 Å². The molecule has 1 aromatic carbocycles. The molecular weight excluding hydrogens is 218 g/mol. The van der Waals surface area contributed by atoms with E-state index in [1.807, 2.05) is 24.3 Å². The first-order valence-electron chi connectivity index (χ1n) is 3.98. The van der Waals surface area contributed by atoms with Crippen LogP contribution in [-0.2, 0) is 6.61 Å². The van der Waals surface area contributed by atoms with Crippen LogP contribution in [0.1, 0.15) is 10.4 Å². The number of fused-ring (bicyclic) bond motifs is 1. The lowest BCUT2D eigenvalue weighted by molar-refractivity contribution is 0.283. The lowest BCUT2D eigenvalue weighted by Gasteiger charge is -1.96. The molecule has 0 fully saturated rings. The Kier molecular flexibility index (Phi) is 2.42. The predicted molar refractivity (Wildman–Crippen MR) is 57.5 cm³/mol. The second-order valence-electron chi connectivity index (χ2n) is 2.81. The molecule has 2 rings (SSSR count). The third kappa shape index (κ3) is 1.28. The van der Waals surface area contributed by atoms with Crippen molar-refractivity contribution in [2.24, 2.45) is 0 Å². The molecule has 4 heteroatoms. The van der Waals surface area contributed by atoms with E-state index >= 15 is 0 Å². The zero-order valence-electron chi connectivity index (χ0n) is 7.12. The highest BCUT2D eigenvalue weighted by Gasteiger charge is 2.11. The Morgan fingerprint density at radius 3 is 2.93 bits per heavy atom. The third-order valence-electron chi connectivity index (χ3n) is 2.01. The molecule has 14 heavy (non-hydrogen) atoms. The molecule has 1 aromatic heterocycles. The molecule has 0 atom stereocenters. The fourth-order valence-electron chi connectivity index (χ4n) is 1.34. The van der Waals surface area contributed by atoms with Crippen LogP contribution in [-0.4, -0.2) is 5.11 Å². The maximum Gasteiger partial charge on any atom is 0.124 e. The van der Waals surface area contributed by atoms with E-state index < -0.39 is 0 Å². The maximum absolute atomic E-state index is 9.09. The Morgan fingerprint density at radius 2 is 2.29 bits per heavy atom. The van der Waals surface area contributed by atoms with Gasteiger partial charge in [-0.05, 0) is 5.56 Å². The highest BCUT2D eigenvalue weighted by molar-refractivity contribution is 7.20. The first kappa shape index (κ1) is 9.47. The molecule has 0 saturated heterocycles. The zero-order chi connectivity index (χ0) is 10.1. The summed E-state index contributed by atoms with van der Waals surface area (Å²) in [4.78, 5) is 0.502. The van der Waals surface area contributed by atoms with E-state index in [0.717, 1.165) is 15.6 Å². The molecule has 1 heterocycles. The van der Waals surface area contributed by atoms with E-state index in [1.165, 1.54) is 11.3 Å². The molecule has 0 unspecified atom stereocenters. The van der Waals surface area contributed by atoms with Crippen LogP contribution in [0, 0.1) is 11.3 Å². The van der Waals surface area contributed by atoms with E-state index in [0.29, 0.717) is 9.90 Å². The smallest absolute Gasteiger partial charge is 0.124 e. The normalized spacial score (nSPS) is 10.4. The van der Waals surface area contributed by atoms with Gasteiger partial charge in [-0.1, -0.05) is 29.8 Å². The van der Waals surface area contributed by atoms with Crippen LogP contribution < -0.4 is 0 Å². The van der Waals surface area contributed by atoms with Crippen LogP contribution in [0.2, 0.25) is 5.02 Å². The Morgan fingerprint density at radius 1 is 1.50 bits per heavy atom. The number of aliphatic hydroxyl groups is 1. The number of hydrogen-bond acceptors (Lipinski definition) is 3. The molecule has 2 aromatic rings. The molecule has 0 saturated carbocycles. The molecule has 0 aliphatic heterocycles. The molecule has 0 spiro atoms. The SMILES string of the molecule is N#Cc1sc2c(CO)cccc2c1Cl. The molecule has 0 amide bonds. The van der Waals surface area contributed by atoms with Crippen molar-refractivity contribution in [1.29, 1.82) is 5.26 Å². The van der Waals surface area contributed by atoms with Crippen molar-refractivity contribution in [1.82, 2.24) is 0 Å². The van der Waals surface area contributed by atoms with Gasteiger partial charge in [0.15, 0.2) is 0 Å². The summed E-state index contributed by atoms with van der Waals surface area (Å²) >= 11 is 7.31. The van der Waals surface area contributed by atoms with Gasteiger partial charge in [0.2, 0.25) is 0 Å². The second kappa shape index (κ2) is 3.58. The summed E-state index contributed by atoms with van der Waals surface area (Å²) in [5.41, 5.74) is 0.816. The number of hydrogen-bond donors (Lipinski definition) is 1. The van der Waals surface area contributed by atoms with E-state index in [1.54, 1.807) is 0 Å². The minimum absolute atomic E-state index is 0.0287. The Labute approximate surface area is 90.0 Å². The quantitative estimate of drug-likeness (QED) is 0.808. The van der Waals surface area contributed by atoms with Crippen LogP contribution in [0.3, 0.4) is 0 Å². The number of nitriles is 1. The minimum atomic E-state index is -0.0287. The molecule has 0 aliphatic rings. The first-order chi connectivity index (χ1) is 6.77. The van der Waals surface area contributed by atoms with Gasteiger partial charge in [0.05, 0.1) is 11.6 Å². The molecule has 2 nitrogen and oxygen atoms in total. The van der Waals surface area contributed by atoms with Crippen molar-refractivity contribution in [3.63, 3.8) is 0 Å². The number of rotatable bonds is 1. The third-order valence-corrected chi connectivity index (χ3v) is 3.70. The highest BCUT2D eigenvalue weighted by atomic mass is 35.5. The van der Waals surface area contributed by atoms with Gasteiger partial charge in [0.1, 0.15) is 10.9 Å². The van der Waals surface area contributed by atoms with Crippen molar-refractivity contribution >= 4 is 33.0 Å². The lowest BCUT2D eigenvalue weighted by atomic mass is 10.2. The van der Waals surface area contributed by atoms with Crippen LogP contribution in [0.4, 0.5) is 0 Å². The second-order valence-corrected chi connectivity index (χ2v) is 4.21. The van der Waals surface area contributed by atoms with E-state index in [-0.39, 0.29) is 6.61 Å². The number of aliphatic hydroxyl groups excluding tert-OH is 1. The molecule has 0 aliphatic carbocycles. The van der Waals surface area contributed by atoms with Crippen LogP contribution >= 0.6 is 22.9 Å². The Hall–Kier alpha value is -1.08. The summed E-state index contributed by atoms with van der Waals surface area (Å²) in [6.07, 6.45) is 0. The van der Waals surface area contributed by atoms with Gasteiger partial charge in [-0.15, -0.1) is 11.3 Å². The van der Waals surface area contributed by atoms with Gasteiger partial charge in [-0.2, -0.15) is 5.26 Å². The molecule has 1 N–H and O–H groups in total. The summed E-state index contributed by atoms with van der Waals surface area (Å²) < 4.78 is 0.900. The van der Waals surface area contributed by atoms with Crippen LogP contribution in [0.25, 0.3) is 10.1 Å². The average Bonchev–Trinajstić information content (AvgIpc) is 2.55. The molecule has 70 valence electrons. The standard InChI is InChI=1S/C10H6ClNOS/c11-9-7-3-1-2-6(5-13)10(7)14-8(9)4-12/h1-3,13H,5H2. The number of benzene rings is 1. The molecule has 0 bridgehead atoms. The number of nitrogens with zero attached hydrogens (tertiary/aromatic N) is 1. The average molecular weight is 224 g/mol. The minimum Gasteiger partial charge on any atom is -0.392 e. The van der Waals surface area contributed by atoms with Gasteiger partial charge in [-0.25, -0.2) is 0 Å². The summed E-state index contributed by atoms with van der Waals surface area (Å²) in [7, 11) is 0. The fraction of sp³-hybridized carbons (Fsp3) is 0.100. The largest absolute Gasteiger partial charge is 0.392 e. The lowest BCUT2D eigenvalue weighted by Crippen LogP contribution is -1.80. The topological polar surface area (TPSA) is 44.0 Å². The molecular formula is C10H6ClNOS. The highest BCUT2D eigenvalue weighted by Crippen LogP contribution is 2.36. The van der Waals surface area contributed by atoms with Gasteiger partial charge in [0.25, 0.3) is 0 Å².